The zero-order chi connectivity index (χ0) is 27.7. The third kappa shape index (κ3) is 5.84. The van der Waals surface area contributed by atoms with Crippen molar-refractivity contribution in [2.24, 2.45) is 0 Å². The molecule has 1 saturated carbocycles. The van der Waals surface area contributed by atoms with Crippen LogP contribution in [0, 0.1) is 5.95 Å². The number of alkyl halides is 3. The number of urea groups is 1. The molecule has 1 aliphatic carbocycles. The predicted octanol–water partition coefficient (Wildman–Crippen LogP) is 3.29. The van der Waals surface area contributed by atoms with Gasteiger partial charge in [-0.05, 0) is 24.0 Å². The lowest BCUT2D eigenvalue weighted by atomic mass is 9.77. The van der Waals surface area contributed by atoms with Crippen molar-refractivity contribution in [1.82, 2.24) is 25.4 Å². The highest BCUT2D eigenvalue weighted by Crippen LogP contribution is 2.48. The van der Waals surface area contributed by atoms with Gasteiger partial charge in [0, 0.05) is 37.9 Å². The van der Waals surface area contributed by atoms with E-state index >= 15 is 0 Å². The van der Waals surface area contributed by atoms with Gasteiger partial charge < -0.3 is 20.4 Å². The molecule has 3 unspecified atom stereocenters. The zero-order valence-electron chi connectivity index (χ0n) is 21.1. The van der Waals surface area contributed by atoms with E-state index in [1.807, 2.05) is 0 Å². The maximum atomic E-state index is 14.9. The number of nitrogens with zero attached hydrogens (tertiary/aromatic N) is 3. The maximum absolute atomic E-state index is 14.9. The van der Waals surface area contributed by atoms with Crippen LogP contribution in [0.1, 0.15) is 54.5 Å². The van der Waals surface area contributed by atoms with Crippen molar-refractivity contribution in [3.63, 3.8) is 0 Å². The van der Waals surface area contributed by atoms with Crippen molar-refractivity contribution in [2.75, 3.05) is 26.2 Å². The van der Waals surface area contributed by atoms with Crippen molar-refractivity contribution >= 4 is 17.8 Å². The topological polar surface area (TPSA) is 94.6 Å². The summed E-state index contributed by atoms with van der Waals surface area (Å²) in [5, 5.41) is 5.28. The first-order valence-electron chi connectivity index (χ1n) is 13.0. The molecule has 1 aromatic heterocycles. The van der Waals surface area contributed by atoms with Gasteiger partial charge in [0.15, 0.2) is 0 Å². The minimum Gasteiger partial charge on any atom is -0.342 e. The fraction of sp³-hybridized carbons (Fsp3) is 0.481. The fourth-order valence-electron chi connectivity index (χ4n) is 5.21. The van der Waals surface area contributed by atoms with E-state index in [0.717, 1.165) is 11.3 Å². The van der Waals surface area contributed by atoms with Gasteiger partial charge in [-0.3, -0.25) is 9.59 Å². The molecular weight excluding hydrogens is 518 g/mol. The molecule has 2 aliphatic heterocycles. The Hall–Kier alpha value is -3.70. The van der Waals surface area contributed by atoms with Crippen LogP contribution in [0.15, 0.2) is 42.5 Å². The molecule has 2 saturated heterocycles. The summed E-state index contributed by atoms with van der Waals surface area (Å²) in [6, 6.07) is 9.02. The molecule has 3 aliphatic rings. The van der Waals surface area contributed by atoms with Gasteiger partial charge in [-0.1, -0.05) is 36.4 Å². The molecule has 208 valence electrons. The van der Waals surface area contributed by atoms with Gasteiger partial charge in [-0.2, -0.15) is 4.39 Å². The van der Waals surface area contributed by atoms with Crippen molar-refractivity contribution < 1.29 is 31.9 Å². The van der Waals surface area contributed by atoms with Crippen LogP contribution < -0.4 is 10.6 Å². The van der Waals surface area contributed by atoms with E-state index in [4.69, 9.17) is 0 Å². The molecule has 0 spiro atoms. The van der Waals surface area contributed by atoms with Crippen LogP contribution in [-0.2, 0) is 9.59 Å². The summed E-state index contributed by atoms with van der Waals surface area (Å²) < 4.78 is 56.0. The van der Waals surface area contributed by atoms with Crippen molar-refractivity contribution in [2.45, 2.75) is 55.8 Å². The molecule has 3 heterocycles. The molecular formula is C27H29F4N5O3. The van der Waals surface area contributed by atoms with E-state index in [9.17, 15) is 31.9 Å². The van der Waals surface area contributed by atoms with Crippen molar-refractivity contribution in [3.05, 3.63) is 65.2 Å². The molecule has 3 fully saturated rings. The number of nitrogens with one attached hydrogen (secondary N) is 2. The van der Waals surface area contributed by atoms with E-state index in [-0.39, 0.29) is 30.8 Å². The number of likely N-dealkylation sites (tertiary alicyclic amines) is 2. The third-order valence-corrected chi connectivity index (χ3v) is 7.55. The molecule has 4 amide bonds. The Morgan fingerprint density at radius 2 is 1.79 bits per heavy atom. The summed E-state index contributed by atoms with van der Waals surface area (Å²) in [4.78, 5) is 44.9. The fourth-order valence-corrected chi connectivity index (χ4v) is 5.21. The van der Waals surface area contributed by atoms with Gasteiger partial charge in [-0.25, -0.2) is 22.9 Å². The first-order valence-corrected chi connectivity index (χ1v) is 13.0. The second-order valence-electron chi connectivity index (χ2n) is 10.3. The number of rotatable bonds is 7. The number of halogens is 4. The summed E-state index contributed by atoms with van der Waals surface area (Å²) in [5.41, 5.74) is 0.794. The largest absolute Gasteiger partial charge is 0.342 e. The Balaban J connectivity index is 1.31. The van der Waals surface area contributed by atoms with E-state index < -0.39 is 66.7 Å². The zero-order valence-corrected chi connectivity index (χ0v) is 21.1. The highest BCUT2D eigenvalue weighted by atomic mass is 19.3. The molecule has 8 nitrogen and oxygen atoms in total. The van der Waals surface area contributed by atoms with Gasteiger partial charge in [0.05, 0.1) is 24.8 Å². The molecule has 2 N–H and O–H groups in total. The summed E-state index contributed by atoms with van der Waals surface area (Å²) in [5.74, 6) is -5.58. The number of amides is 4. The summed E-state index contributed by atoms with van der Waals surface area (Å²) >= 11 is 0. The Labute approximate surface area is 222 Å². The summed E-state index contributed by atoms with van der Waals surface area (Å²) in [6.45, 7) is 0.540. The lowest BCUT2D eigenvalue weighted by Gasteiger charge is -2.35. The molecule has 1 aromatic carbocycles. The third-order valence-electron chi connectivity index (χ3n) is 7.55. The normalized spacial score (nSPS) is 23.0. The quantitative estimate of drug-likeness (QED) is 0.411. The highest BCUT2D eigenvalue weighted by molar-refractivity contribution is 5.91. The minimum absolute atomic E-state index is 0.0934. The van der Waals surface area contributed by atoms with Gasteiger partial charge in [0.25, 0.3) is 0 Å². The molecule has 5 rings (SSSR count). The van der Waals surface area contributed by atoms with Crippen LogP contribution in [0.5, 0.6) is 0 Å². The molecule has 0 bridgehead atoms. The van der Waals surface area contributed by atoms with Crippen LogP contribution in [-0.4, -0.2) is 76.9 Å². The summed E-state index contributed by atoms with van der Waals surface area (Å²) in [6.07, 6.45) is -1.66. The van der Waals surface area contributed by atoms with Crippen LogP contribution in [0.3, 0.4) is 0 Å². The SMILES string of the molecule is O=C(NC(c1ccccc1)c1ccc(C2CC(F)(F)C2)c(F)n1)C1CC(F)CN1C(=O)CNC(=O)N1CCC1. The smallest absolute Gasteiger partial charge is 0.317 e. The number of aromatic nitrogens is 1. The second kappa shape index (κ2) is 10.8. The number of carbonyl (C=O) groups is 3. The van der Waals surface area contributed by atoms with Crippen LogP contribution in [0.25, 0.3) is 0 Å². The average Bonchev–Trinajstić information content (AvgIpc) is 3.25. The number of hydrogen-bond acceptors (Lipinski definition) is 4. The van der Waals surface area contributed by atoms with E-state index in [1.54, 1.807) is 30.3 Å². The first-order chi connectivity index (χ1) is 18.6. The van der Waals surface area contributed by atoms with Crippen LogP contribution in [0.4, 0.5) is 22.4 Å². The lowest BCUT2D eigenvalue weighted by molar-refractivity contribution is -0.137. The molecule has 39 heavy (non-hydrogen) atoms. The molecule has 12 heteroatoms. The second-order valence-corrected chi connectivity index (χ2v) is 10.3. The molecule has 3 atom stereocenters. The number of benzene rings is 1. The number of hydrogen-bond donors (Lipinski definition) is 2. The number of pyridine rings is 1. The highest BCUT2D eigenvalue weighted by Gasteiger charge is 2.47. The standard InChI is InChI=1S/C27H29F4N5O3/c28-18-11-21(36(15-18)22(37)14-32-26(39)35-9-4-10-35)25(38)34-23(16-5-2-1-3-6-16)20-8-7-19(24(29)33-20)17-12-27(30,31)13-17/h1-3,5-8,17-18,21,23H,4,9-15H2,(H,32,39)(H,34,38). The van der Waals surface area contributed by atoms with E-state index in [0.29, 0.717) is 18.7 Å². The van der Waals surface area contributed by atoms with E-state index in [1.165, 1.54) is 17.0 Å². The first kappa shape index (κ1) is 26.9. The van der Waals surface area contributed by atoms with Gasteiger partial charge >= 0.3 is 6.03 Å². The molecule has 0 radical (unpaired) electrons. The average molecular weight is 548 g/mol. The monoisotopic (exact) mass is 547 g/mol. The predicted molar refractivity (Wildman–Crippen MR) is 132 cm³/mol. The Bertz CT molecular complexity index is 1240. The van der Waals surface area contributed by atoms with Gasteiger partial charge in [0.2, 0.25) is 23.7 Å². The molecule has 2 aromatic rings. The van der Waals surface area contributed by atoms with Gasteiger partial charge in [-0.15, -0.1) is 0 Å². The number of carbonyl (C=O) groups excluding carboxylic acids is 3. The maximum Gasteiger partial charge on any atom is 0.317 e. The summed E-state index contributed by atoms with van der Waals surface area (Å²) in [7, 11) is 0. The van der Waals surface area contributed by atoms with Gasteiger partial charge in [0.1, 0.15) is 12.2 Å². The van der Waals surface area contributed by atoms with E-state index in [2.05, 4.69) is 15.6 Å². The Morgan fingerprint density at radius 3 is 2.41 bits per heavy atom. The van der Waals surface area contributed by atoms with Crippen LogP contribution in [0.2, 0.25) is 0 Å². The Kier molecular flexibility index (Phi) is 7.46. The minimum atomic E-state index is -2.81. The lowest BCUT2D eigenvalue weighted by Crippen LogP contribution is -2.52. The van der Waals surface area contributed by atoms with Crippen molar-refractivity contribution in [1.29, 1.82) is 0 Å². The Morgan fingerprint density at radius 1 is 1.08 bits per heavy atom. The van der Waals surface area contributed by atoms with Crippen molar-refractivity contribution in [3.8, 4) is 0 Å². The van der Waals surface area contributed by atoms with Crippen LogP contribution >= 0.6 is 0 Å².